The fourth-order valence-corrected chi connectivity index (χ4v) is 2.84. The molecule has 0 saturated carbocycles. The number of pyridine rings is 1. The van der Waals surface area contributed by atoms with Gasteiger partial charge in [-0.05, 0) is 36.8 Å². The number of hydrogen-bond acceptors (Lipinski definition) is 6. The number of nitrogens with zero attached hydrogens (tertiary/aromatic N) is 3. The number of amides is 3. The first-order valence-electron chi connectivity index (χ1n) is 8.18. The van der Waals surface area contributed by atoms with Crippen molar-refractivity contribution in [2.24, 2.45) is 0 Å². The third-order valence-electron chi connectivity index (χ3n) is 4.17. The molecule has 0 saturated heterocycles. The summed E-state index contributed by atoms with van der Waals surface area (Å²) in [5.41, 5.74) is 1.53. The highest BCUT2D eigenvalue weighted by Gasteiger charge is 2.38. The van der Waals surface area contributed by atoms with Crippen molar-refractivity contribution in [1.82, 2.24) is 15.5 Å². The Morgan fingerprint density at radius 3 is 2.67 bits per heavy atom. The number of carbonyl (C=O) groups is 3. The van der Waals surface area contributed by atoms with Crippen LogP contribution in [0.2, 0.25) is 0 Å². The number of imide groups is 1. The Bertz CT molecular complexity index is 1060. The molecule has 0 unspecified atom stereocenters. The molecular formula is C19H14N4O4. The van der Waals surface area contributed by atoms with Crippen molar-refractivity contribution in [3.05, 3.63) is 76.8 Å². The number of anilines is 1. The van der Waals surface area contributed by atoms with Crippen LogP contribution in [0.15, 0.2) is 53.3 Å². The van der Waals surface area contributed by atoms with Crippen molar-refractivity contribution in [3.8, 4) is 0 Å². The Balaban J connectivity index is 1.56. The number of aryl methyl sites for hydroxylation is 1. The van der Waals surface area contributed by atoms with E-state index in [9.17, 15) is 14.4 Å². The van der Waals surface area contributed by atoms with Crippen LogP contribution in [0.1, 0.15) is 42.4 Å². The lowest BCUT2D eigenvalue weighted by atomic mass is 10.1. The van der Waals surface area contributed by atoms with E-state index in [-0.39, 0.29) is 28.4 Å². The van der Waals surface area contributed by atoms with E-state index >= 15 is 0 Å². The van der Waals surface area contributed by atoms with E-state index in [1.54, 1.807) is 25.4 Å². The van der Waals surface area contributed by atoms with Crippen LogP contribution in [-0.2, 0) is 6.54 Å². The predicted molar refractivity (Wildman–Crippen MR) is 94.2 cm³/mol. The van der Waals surface area contributed by atoms with Gasteiger partial charge in [0.05, 0.1) is 11.1 Å². The van der Waals surface area contributed by atoms with Gasteiger partial charge in [-0.15, -0.1) is 0 Å². The minimum Gasteiger partial charge on any atom is -0.360 e. The van der Waals surface area contributed by atoms with Gasteiger partial charge in [-0.1, -0.05) is 11.2 Å². The molecular weight excluding hydrogens is 348 g/mol. The Labute approximate surface area is 153 Å². The van der Waals surface area contributed by atoms with Gasteiger partial charge < -0.3 is 9.84 Å². The third-order valence-corrected chi connectivity index (χ3v) is 4.17. The van der Waals surface area contributed by atoms with Gasteiger partial charge in [-0.2, -0.15) is 0 Å². The number of nitrogens with one attached hydrogen (secondary N) is 1. The van der Waals surface area contributed by atoms with Crippen LogP contribution in [0, 0.1) is 6.92 Å². The summed E-state index contributed by atoms with van der Waals surface area (Å²) >= 11 is 0. The molecule has 0 aliphatic carbocycles. The van der Waals surface area contributed by atoms with Gasteiger partial charge in [0.1, 0.15) is 5.76 Å². The van der Waals surface area contributed by atoms with E-state index in [1.807, 2.05) is 6.07 Å². The van der Waals surface area contributed by atoms with E-state index in [0.717, 1.165) is 10.5 Å². The number of fused-ring (bicyclic) bond motifs is 1. The fraction of sp³-hybridized carbons (Fsp3) is 0.105. The van der Waals surface area contributed by atoms with Gasteiger partial charge in [-0.25, -0.2) is 4.90 Å². The summed E-state index contributed by atoms with van der Waals surface area (Å²) in [7, 11) is 0. The summed E-state index contributed by atoms with van der Waals surface area (Å²) < 4.78 is 4.94. The fourth-order valence-electron chi connectivity index (χ4n) is 2.84. The van der Waals surface area contributed by atoms with Crippen molar-refractivity contribution in [3.63, 3.8) is 0 Å². The van der Waals surface area contributed by atoms with E-state index in [2.05, 4.69) is 15.5 Å². The Kier molecular flexibility index (Phi) is 4.00. The number of aromatic nitrogens is 2. The molecule has 0 atom stereocenters. The second kappa shape index (κ2) is 6.49. The number of rotatable bonds is 4. The Morgan fingerprint density at radius 1 is 1.15 bits per heavy atom. The summed E-state index contributed by atoms with van der Waals surface area (Å²) in [5, 5.41) is 6.49. The average Bonchev–Trinajstić information content (AvgIpc) is 3.21. The molecule has 134 valence electrons. The topological polar surface area (TPSA) is 105 Å². The molecule has 1 aromatic carbocycles. The molecule has 0 fully saturated rings. The molecule has 1 aliphatic rings. The van der Waals surface area contributed by atoms with E-state index in [4.69, 9.17) is 4.52 Å². The van der Waals surface area contributed by atoms with Crippen molar-refractivity contribution in [1.29, 1.82) is 0 Å². The SMILES string of the molecule is Cc1cc(N2C(=O)c3ccc(C(=O)NCc4cccnc4)cc3C2=O)no1. The maximum absolute atomic E-state index is 12.7. The summed E-state index contributed by atoms with van der Waals surface area (Å²) in [6.07, 6.45) is 3.31. The average molecular weight is 362 g/mol. The molecule has 8 nitrogen and oxygen atoms in total. The monoisotopic (exact) mass is 362 g/mol. The maximum atomic E-state index is 12.7. The molecule has 1 aliphatic heterocycles. The zero-order chi connectivity index (χ0) is 19.0. The zero-order valence-electron chi connectivity index (χ0n) is 14.3. The minimum atomic E-state index is -0.537. The van der Waals surface area contributed by atoms with Gasteiger partial charge in [0.15, 0.2) is 5.82 Å². The van der Waals surface area contributed by atoms with Crippen LogP contribution in [0.5, 0.6) is 0 Å². The number of carbonyl (C=O) groups excluding carboxylic acids is 3. The molecule has 1 N–H and O–H groups in total. The predicted octanol–water partition coefficient (Wildman–Crippen LogP) is 2.11. The lowest BCUT2D eigenvalue weighted by molar-refractivity contribution is 0.0921. The van der Waals surface area contributed by atoms with Gasteiger partial charge in [0.25, 0.3) is 17.7 Å². The second-order valence-electron chi connectivity index (χ2n) is 6.05. The smallest absolute Gasteiger partial charge is 0.267 e. The molecule has 4 rings (SSSR count). The maximum Gasteiger partial charge on any atom is 0.267 e. The summed E-state index contributed by atoms with van der Waals surface area (Å²) in [4.78, 5) is 42.5. The van der Waals surface area contributed by atoms with Crippen LogP contribution in [0.3, 0.4) is 0 Å². The number of hydrogen-bond donors (Lipinski definition) is 1. The van der Waals surface area contributed by atoms with Crippen LogP contribution >= 0.6 is 0 Å². The summed E-state index contributed by atoms with van der Waals surface area (Å²) in [6, 6.07) is 9.53. The van der Waals surface area contributed by atoms with Crippen molar-refractivity contribution in [2.75, 3.05) is 4.90 Å². The van der Waals surface area contributed by atoms with Gasteiger partial charge in [0, 0.05) is 30.6 Å². The molecule has 0 bridgehead atoms. The van der Waals surface area contributed by atoms with Gasteiger partial charge in [-0.3, -0.25) is 19.4 Å². The third kappa shape index (κ3) is 2.97. The quantitative estimate of drug-likeness (QED) is 0.713. The summed E-state index contributed by atoms with van der Waals surface area (Å²) in [6.45, 7) is 1.97. The number of benzene rings is 1. The molecule has 27 heavy (non-hydrogen) atoms. The van der Waals surface area contributed by atoms with Crippen LogP contribution in [-0.4, -0.2) is 27.9 Å². The zero-order valence-corrected chi connectivity index (χ0v) is 14.3. The molecule has 0 radical (unpaired) electrons. The van der Waals surface area contributed by atoms with Crippen LogP contribution in [0.4, 0.5) is 5.82 Å². The van der Waals surface area contributed by atoms with E-state index in [1.165, 1.54) is 24.3 Å². The Hall–Kier alpha value is -3.81. The second-order valence-corrected chi connectivity index (χ2v) is 6.05. The van der Waals surface area contributed by atoms with Gasteiger partial charge >= 0.3 is 0 Å². The highest BCUT2D eigenvalue weighted by Crippen LogP contribution is 2.28. The molecule has 3 heterocycles. The molecule has 8 heteroatoms. The van der Waals surface area contributed by atoms with Crippen LogP contribution < -0.4 is 10.2 Å². The normalized spacial score (nSPS) is 13.0. The van der Waals surface area contributed by atoms with Crippen LogP contribution in [0.25, 0.3) is 0 Å². The first kappa shape index (κ1) is 16.6. The highest BCUT2D eigenvalue weighted by molar-refractivity contribution is 6.34. The largest absolute Gasteiger partial charge is 0.360 e. The van der Waals surface area contributed by atoms with Crippen molar-refractivity contribution in [2.45, 2.75) is 13.5 Å². The van der Waals surface area contributed by atoms with Gasteiger partial charge in [0.2, 0.25) is 0 Å². The minimum absolute atomic E-state index is 0.126. The van der Waals surface area contributed by atoms with Crippen molar-refractivity contribution >= 4 is 23.5 Å². The molecule has 3 amide bonds. The lowest BCUT2D eigenvalue weighted by Gasteiger charge is -2.08. The van der Waals surface area contributed by atoms with E-state index in [0.29, 0.717) is 12.3 Å². The first-order chi connectivity index (χ1) is 13.0. The molecule has 0 spiro atoms. The summed E-state index contributed by atoms with van der Waals surface area (Å²) in [5.74, 6) is -0.772. The highest BCUT2D eigenvalue weighted by atomic mass is 16.5. The standard InChI is InChI=1S/C19H14N4O4/c1-11-7-16(22-27-11)23-18(25)14-5-4-13(8-15(14)19(23)26)17(24)21-10-12-3-2-6-20-9-12/h2-9H,10H2,1H3,(H,21,24). The lowest BCUT2D eigenvalue weighted by Crippen LogP contribution is -2.29. The van der Waals surface area contributed by atoms with E-state index < -0.39 is 11.8 Å². The Morgan fingerprint density at radius 2 is 1.96 bits per heavy atom. The van der Waals surface area contributed by atoms with Crippen molar-refractivity contribution < 1.29 is 18.9 Å². The first-order valence-corrected chi connectivity index (χ1v) is 8.18. The molecule has 2 aromatic heterocycles. The molecule has 3 aromatic rings.